The molecular weight excluding hydrogens is 323 g/mol. The number of piperidine rings is 1. The average Bonchev–Trinajstić information content (AvgIpc) is 2.63. The average molecular weight is 344 g/mol. The maximum Gasteiger partial charge on any atom is 0.274 e. The molecule has 3 rings (SSSR count). The van der Waals surface area contributed by atoms with Gasteiger partial charge in [0, 0.05) is 19.2 Å². The summed E-state index contributed by atoms with van der Waals surface area (Å²) in [4.78, 5) is 26.5. The molecule has 0 bridgehead atoms. The molecule has 1 aromatic heterocycles. The van der Waals surface area contributed by atoms with Crippen molar-refractivity contribution in [3.63, 3.8) is 0 Å². The van der Waals surface area contributed by atoms with Crippen LogP contribution < -0.4 is 10.9 Å². The number of hydrogen-bond donors (Lipinski definition) is 1. The Kier molecular flexibility index (Phi) is 5.23. The van der Waals surface area contributed by atoms with E-state index in [1.54, 1.807) is 4.90 Å². The van der Waals surface area contributed by atoms with E-state index in [0.717, 1.165) is 24.1 Å². The van der Waals surface area contributed by atoms with Crippen molar-refractivity contribution in [3.8, 4) is 5.69 Å². The predicted octanol–water partition coefficient (Wildman–Crippen LogP) is 1.44. The summed E-state index contributed by atoms with van der Waals surface area (Å²) in [6, 6.07) is 8.19. The Bertz CT molecular complexity index is 795. The van der Waals surface area contributed by atoms with E-state index in [4.69, 9.17) is 0 Å². The summed E-state index contributed by atoms with van der Waals surface area (Å²) in [5.41, 5.74) is 0.278. The Labute approximate surface area is 145 Å². The van der Waals surface area contributed by atoms with Crippen LogP contribution in [-0.2, 0) is 0 Å². The lowest BCUT2D eigenvalue weighted by Gasteiger charge is -2.31. The van der Waals surface area contributed by atoms with Gasteiger partial charge in [-0.1, -0.05) is 0 Å². The summed E-state index contributed by atoms with van der Waals surface area (Å²) in [6.45, 7) is 2.32. The molecule has 2 aromatic rings. The molecular formula is C18H21FN4O2. The SMILES string of the molecule is CNCC1CCN(C(=O)c2ccc(=O)n(-c3ccc(F)cc3)n2)CC1. The summed E-state index contributed by atoms with van der Waals surface area (Å²) in [7, 11) is 1.93. The van der Waals surface area contributed by atoms with Crippen LogP contribution in [0.15, 0.2) is 41.2 Å². The van der Waals surface area contributed by atoms with E-state index in [0.29, 0.717) is 24.7 Å². The minimum absolute atomic E-state index is 0.182. The fraction of sp³-hybridized carbons (Fsp3) is 0.389. The van der Waals surface area contributed by atoms with E-state index in [1.165, 1.54) is 36.4 Å². The first-order valence-electron chi connectivity index (χ1n) is 8.38. The number of nitrogens with zero attached hydrogens (tertiary/aromatic N) is 3. The van der Waals surface area contributed by atoms with Gasteiger partial charge in [-0.2, -0.15) is 9.78 Å². The van der Waals surface area contributed by atoms with Crippen LogP contribution >= 0.6 is 0 Å². The van der Waals surface area contributed by atoms with Gasteiger partial charge in [0.05, 0.1) is 5.69 Å². The van der Waals surface area contributed by atoms with Crippen LogP contribution in [-0.4, -0.2) is 47.3 Å². The zero-order chi connectivity index (χ0) is 17.8. The Morgan fingerprint density at radius 1 is 1.20 bits per heavy atom. The molecule has 1 N–H and O–H groups in total. The maximum absolute atomic E-state index is 13.1. The molecule has 1 amide bonds. The van der Waals surface area contributed by atoms with Gasteiger partial charge >= 0.3 is 0 Å². The van der Waals surface area contributed by atoms with Crippen LogP contribution in [0.25, 0.3) is 5.69 Å². The van der Waals surface area contributed by atoms with Gasteiger partial charge in [-0.25, -0.2) is 4.39 Å². The van der Waals surface area contributed by atoms with Gasteiger partial charge in [0.15, 0.2) is 0 Å². The van der Waals surface area contributed by atoms with Crippen molar-refractivity contribution in [2.75, 3.05) is 26.7 Å². The van der Waals surface area contributed by atoms with E-state index in [9.17, 15) is 14.0 Å². The molecule has 1 fully saturated rings. The van der Waals surface area contributed by atoms with E-state index in [-0.39, 0.29) is 17.2 Å². The molecule has 6 nitrogen and oxygen atoms in total. The molecule has 0 aliphatic carbocycles. The number of halogens is 1. The number of hydrogen-bond acceptors (Lipinski definition) is 4. The zero-order valence-corrected chi connectivity index (χ0v) is 14.1. The number of carbonyl (C=O) groups excluding carboxylic acids is 1. The lowest BCUT2D eigenvalue weighted by molar-refractivity contribution is 0.0683. The number of benzene rings is 1. The van der Waals surface area contributed by atoms with Crippen LogP contribution in [0.5, 0.6) is 0 Å². The number of nitrogens with one attached hydrogen (secondary N) is 1. The second-order valence-corrected chi connectivity index (χ2v) is 6.24. The first-order valence-corrected chi connectivity index (χ1v) is 8.38. The summed E-state index contributed by atoms with van der Waals surface area (Å²) >= 11 is 0. The third-order valence-corrected chi connectivity index (χ3v) is 4.49. The van der Waals surface area contributed by atoms with Gasteiger partial charge < -0.3 is 10.2 Å². The smallest absolute Gasteiger partial charge is 0.274 e. The van der Waals surface area contributed by atoms with E-state index < -0.39 is 5.82 Å². The second kappa shape index (κ2) is 7.57. The van der Waals surface area contributed by atoms with Crippen molar-refractivity contribution in [1.29, 1.82) is 0 Å². The molecule has 0 unspecified atom stereocenters. The number of rotatable bonds is 4. The highest BCUT2D eigenvalue weighted by Gasteiger charge is 2.24. The first-order chi connectivity index (χ1) is 12.1. The van der Waals surface area contributed by atoms with Gasteiger partial charge in [-0.3, -0.25) is 9.59 Å². The van der Waals surface area contributed by atoms with Gasteiger partial charge in [0.25, 0.3) is 11.5 Å². The predicted molar refractivity (Wildman–Crippen MR) is 92.3 cm³/mol. The minimum atomic E-state index is -0.395. The highest BCUT2D eigenvalue weighted by Crippen LogP contribution is 2.18. The molecule has 0 saturated carbocycles. The largest absolute Gasteiger partial charge is 0.337 e. The Hall–Kier alpha value is -2.54. The van der Waals surface area contributed by atoms with Crippen LogP contribution in [0.1, 0.15) is 23.3 Å². The summed E-state index contributed by atoms with van der Waals surface area (Å²) in [5.74, 6) is 0.00224. The standard InChI is InChI=1S/C18H21FN4O2/c1-20-12-13-8-10-22(11-9-13)18(25)16-6-7-17(24)23(21-16)15-4-2-14(19)3-5-15/h2-7,13,20H,8-12H2,1H3. The molecule has 1 aromatic carbocycles. The van der Waals surface area contributed by atoms with Crippen LogP contribution in [0.4, 0.5) is 4.39 Å². The van der Waals surface area contributed by atoms with Gasteiger partial charge in [0.1, 0.15) is 11.5 Å². The quantitative estimate of drug-likeness (QED) is 0.911. The fourth-order valence-corrected chi connectivity index (χ4v) is 3.08. The monoisotopic (exact) mass is 344 g/mol. The van der Waals surface area contributed by atoms with E-state index >= 15 is 0 Å². The zero-order valence-electron chi connectivity index (χ0n) is 14.1. The fourth-order valence-electron chi connectivity index (χ4n) is 3.08. The van der Waals surface area contributed by atoms with Crippen molar-refractivity contribution < 1.29 is 9.18 Å². The van der Waals surface area contributed by atoms with Crippen molar-refractivity contribution in [2.45, 2.75) is 12.8 Å². The highest BCUT2D eigenvalue weighted by atomic mass is 19.1. The van der Waals surface area contributed by atoms with Crippen LogP contribution in [0.3, 0.4) is 0 Å². The molecule has 25 heavy (non-hydrogen) atoms. The number of aromatic nitrogens is 2. The molecule has 2 heterocycles. The van der Waals surface area contributed by atoms with Crippen LogP contribution in [0.2, 0.25) is 0 Å². The molecule has 0 spiro atoms. The molecule has 132 valence electrons. The normalized spacial score (nSPS) is 15.4. The minimum Gasteiger partial charge on any atom is -0.337 e. The number of likely N-dealkylation sites (tertiary alicyclic amines) is 1. The lowest BCUT2D eigenvalue weighted by atomic mass is 9.96. The third kappa shape index (κ3) is 3.93. The lowest BCUT2D eigenvalue weighted by Crippen LogP contribution is -2.41. The Morgan fingerprint density at radius 2 is 1.88 bits per heavy atom. The summed E-state index contributed by atoms with van der Waals surface area (Å²) < 4.78 is 14.2. The Morgan fingerprint density at radius 3 is 2.52 bits per heavy atom. The van der Waals surface area contributed by atoms with Crippen molar-refractivity contribution in [2.24, 2.45) is 5.92 Å². The molecule has 1 aliphatic rings. The van der Waals surface area contributed by atoms with Gasteiger partial charge in [0.2, 0.25) is 0 Å². The Balaban J connectivity index is 1.79. The maximum atomic E-state index is 13.1. The molecule has 7 heteroatoms. The molecule has 0 radical (unpaired) electrons. The third-order valence-electron chi connectivity index (χ3n) is 4.49. The van der Waals surface area contributed by atoms with E-state index in [2.05, 4.69) is 10.4 Å². The summed E-state index contributed by atoms with van der Waals surface area (Å²) in [5, 5.41) is 7.35. The van der Waals surface area contributed by atoms with Crippen LogP contribution in [0, 0.1) is 11.7 Å². The second-order valence-electron chi connectivity index (χ2n) is 6.24. The summed E-state index contributed by atoms with van der Waals surface area (Å²) in [6.07, 6.45) is 1.90. The topological polar surface area (TPSA) is 67.2 Å². The molecule has 1 saturated heterocycles. The number of amides is 1. The van der Waals surface area contributed by atoms with Gasteiger partial charge in [-0.15, -0.1) is 0 Å². The molecule has 0 atom stereocenters. The number of carbonyl (C=O) groups is 1. The van der Waals surface area contributed by atoms with Gasteiger partial charge in [-0.05, 0) is 62.7 Å². The van der Waals surface area contributed by atoms with Crippen molar-refractivity contribution in [3.05, 3.63) is 58.3 Å². The van der Waals surface area contributed by atoms with E-state index in [1.807, 2.05) is 7.05 Å². The van der Waals surface area contributed by atoms with Crippen molar-refractivity contribution in [1.82, 2.24) is 20.0 Å². The highest BCUT2D eigenvalue weighted by molar-refractivity contribution is 5.92. The van der Waals surface area contributed by atoms with Crippen molar-refractivity contribution >= 4 is 5.91 Å². The molecule has 1 aliphatic heterocycles. The first kappa shape index (κ1) is 17.3.